The second kappa shape index (κ2) is 5.07. The Morgan fingerprint density at radius 3 is 2.53 bits per heavy atom. The lowest BCUT2D eigenvalue weighted by Crippen LogP contribution is -2.17. The van der Waals surface area contributed by atoms with Crippen molar-refractivity contribution in [1.29, 1.82) is 0 Å². The van der Waals surface area contributed by atoms with Crippen LogP contribution in [0.15, 0.2) is 18.2 Å². The van der Waals surface area contributed by atoms with E-state index in [1.54, 1.807) is 19.2 Å². The molecule has 1 unspecified atom stereocenters. The van der Waals surface area contributed by atoms with E-state index in [9.17, 15) is 10.1 Å². The summed E-state index contributed by atoms with van der Waals surface area (Å²) in [5.41, 5.74) is 2.06. The van der Waals surface area contributed by atoms with E-state index in [-0.39, 0.29) is 10.6 Å². The molecule has 104 valence electrons. The fourth-order valence-corrected chi connectivity index (χ4v) is 2.74. The van der Waals surface area contributed by atoms with Gasteiger partial charge in [-0.1, -0.05) is 13.8 Å². The van der Waals surface area contributed by atoms with Crippen molar-refractivity contribution < 1.29 is 4.92 Å². The number of rotatable bonds is 4. The number of nitrogens with zero attached hydrogens (tertiary/aromatic N) is 1. The van der Waals surface area contributed by atoms with Crippen molar-refractivity contribution in [1.82, 2.24) is 0 Å². The second-order valence-electron chi connectivity index (χ2n) is 6.02. The molecule has 0 amide bonds. The van der Waals surface area contributed by atoms with Crippen LogP contribution in [0, 0.1) is 15.5 Å². The van der Waals surface area contributed by atoms with Gasteiger partial charge in [0.2, 0.25) is 0 Å². The standard InChI is InChI=1S/C14H21N3O2/c1-14(2)5-4-10(9-14)16-12-6-11(15-3)7-13(8-12)17(18)19/h6-8,10,15-16H,4-5,9H2,1-3H3. The zero-order valence-corrected chi connectivity index (χ0v) is 11.7. The van der Waals surface area contributed by atoms with Crippen LogP contribution in [0.25, 0.3) is 0 Å². The van der Waals surface area contributed by atoms with Crippen LogP contribution >= 0.6 is 0 Å². The lowest BCUT2D eigenvalue weighted by molar-refractivity contribution is -0.384. The quantitative estimate of drug-likeness (QED) is 0.643. The molecule has 5 heteroatoms. The molecule has 1 aromatic carbocycles. The number of nitrogens with one attached hydrogen (secondary N) is 2. The van der Waals surface area contributed by atoms with Crippen LogP contribution in [0.1, 0.15) is 33.1 Å². The van der Waals surface area contributed by atoms with Gasteiger partial charge in [-0.3, -0.25) is 10.1 Å². The van der Waals surface area contributed by atoms with Gasteiger partial charge in [0.1, 0.15) is 0 Å². The number of anilines is 2. The first-order valence-electron chi connectivity index (χ1n) is 6.63. The van der Waals surface area contributed by atoms with E-state index < -0.39 is 0 Å². The lowest BCUT2D eigenvalue weighted by Gasteiger charge is -2.19. The molecule has 0 bridgehead atoms. The Bertz CT molecular complexity index is 486. The maximum Gasteiger partial charge on any atom is 0.273 e. The van der Waals surface area contributed by atoms with Crippen LogP contribution in [0.2, 0.25) is 0 Å². The molecule has 1 fully saturated rings. The number of hydrogen-bond acceptors (Lipinski definition) is 4. The van der Waals surface area contributed by atoms with Crippen molar-refractivity contribution in [2.24, 2.45) is 5.41 Å². The van der Waals surface area contributed by atoms with E-state index >= 15 is 0 Å². The molecule has 19 heavy (non-hydrogen) atoms. The topological polar surface area (TPSA) is 67.2 Å². The molecule has 1 saturated carbocycles. The number of non-ortho nitro benzene ring substituents is 1. The highest BCUT2D eigenvalue weighted by Gasteiger charge is 2.30. The molecule has 2 N–H and O–H groups in total. The molecule has 1 aliphatic carbocycles. The summed E-state index contributed by atoms with van der Waals surface area (Å²) in [5, 5.41) is 17.3. The fourth-order valence-electron chi connectivity index (χ4n) is 2.74. The van der Waals surface area contributed by atoms with E-state index in [0.29, 0.717) is 11.5 Å². The number of nitro groups is 1. The smallest absolute Gasteiger partial charge is 0.273 e. The molecule has 0 spiro atoms. The van der Waals surface area contributed by atoms with Gasteiger partial charge >= 0.3 is 0 Å². The Morgan fingerprint density at radius 2 is 2.00 bits per heavy atom. The first-order chi connectivity index (χ1) is 8.89. The highest BCUT2D eigenvalue weighted by atomic mass is 16.6. The van der Waals surface area contributed by atoms with Gasteiger partial charge in [0.15, 0.2) is 0 Å². The predicted molar refractivity (Wildman–Crippen MR) is 77.7 cm³/mol. The van der Waals surface area contributed by atoms with Crippen LogP contribution < -0.4 is 10.6 Å². The van der Waals surface area contributed by atoms with Crippen molar-refractivity contribution in [2.45, 2.75) is 39.2 Å². The zero-order valence-electron chi connectivity index (χ0n) is 11.7. The number of hydrogen-bond donors (Lipinski definition) is 2. The Hall–Kier alpha value is -1.78. The van der Waals surface area contributed by atoms with Crippen molar-refractivity contribution in [3.63, 3.8) is 0 Å². The third kappa shape index (κ3) is 3.36. The van der Waals surface area contributed by atoms with Gasteiger partial charge in [-0.05, 0) is 30.7 Å². The molecule has 5 nitrogen and oxygen atoms in total. The summed E-state index contributed by atoms with van der Waals surface area (Å²) in [4.78, 5) is 10.6. The van der Waals surface area contributed by atoms with E-state index in [2.05, 4.69) is 24.5 Å². The van der Waals surface area contributed by atoms with Gasteiger partial charge in [0.05, 0.1) is 4.92 Å². The molecule has 0 radical (unpaired) electrons. The number of benzene rings is 1. The highest BCUT2D eigenvalue weighted by Crippen LogP contribution is 2.38. The normalized spacial score (nSPS) is 21.1. The minimum Gasteiger partial charge on any atom is -0.388 e. The summed E-state index contributed by atoms with van der Waals surface area (Å²) < 4.78 is 0. The van der Waals surface area contributed by atoms with Crippen LogP contribution in [0.4, 0.5) is 17.1 Å². The molecule has 1 aromatic rings. The maximum atomic E-state index is 10.9. The fraction of sp³-hybridized carbons (Fsp3) is 0.571. The SMILES string of the molecule is CNc1cc(NC2CCC(C)(C)C2)cc([N+](=O)[O-])c1. The summed E-state index contributed by atoms with van der Waals surface area (Å²) in [6.07, 6.45) is 3.41. The van der Waals surface area contributed by atoms with E-state index in [0.717, 1.165) is 24.2 Å². The van der Waals surface area contributed by atoms with Crippen LogP contribution in [-0.2, 0) is 0 Å². The first kappa shape index (κ1) is 13.6. The average Bonchev–Trinajstić information content (AvgIpc) is 2.68. The zero-order chi connectivity index (χ0) is 14.0. The first-order valence-corrected chi connectivity index (χ1v) is 6.63. The van der Waals surface area contributed by atoms with Crippen LogP contribution in [0.5, 0.6) is 0 Å². The average molecular weight is 263 g/mol. The van der Waals surface area contributed by atoms with E-state index in [1.165, 1.54) is 6.42 Å². The molecular weight excluding hydrogens is 242 g/mol. The molecule has 2 rings (SSSR count). The van der Waals surface area contributed by atoms with Crippen LogP contribution in [0.3, 0.4) is 0 Å². The monoisotopic (exact) mass is 263 g/mol. The molecule has 0 saturated heterocycles. The summed E-state index contributed by atoms with van der Waals surface area (Å²) in [6.45, 7) is 4.53. The van der Waals surface area contributed by atoms with Gasteiger partial charge in [-0.25, -0.2) is 0 Å². The van der Waals surface area contributed by atoms with Gasteiger partial charge in [-0.2, -0.15) is 0 Å². The molecule has 0 aromatic heterocycles. The molecule has 0 aliphatic heterocycles. The number of nitro benzene ring substituents is 1. The Kier molecular flexibility index (Phi) is 3.64. The lowest BCUT2D eigenvalue weighted by atomic mass is 9.92. The highest BCUT2D eigenvalue weighted by molar-refractivity contribution is 5.63. The second-order valence-corrected chi connectivity index (χ2v) is 6.02. The molecule has 0 heterocycles. The van der Waals surface area contributed by atoms with Gasteiger partial charge in [0.25, 0.3) is 5.69 Å². The van der Waals surface area contributed by atoms with Crippen LogP contribution in [-0.4, -0.2) is 18.0 Å². The van der Waals surface area contributed by atoms with Gasteiger partial charge < -0.3 is 10.6 Å². The summed E-state index contributed by atoms with van der Waals surface area (Å²) >= 11 is 0. The Morgan fingerprint density at radius 1 is 1.32 bits per heavy atom. The summed E-state index contributed by atoms with van der Waals surface area (Å²) in [6, 6.07) is 5.47. The van der Waals surface area contributed by atoms with Gasteiger partial charge in [-0.15, -0.1) is 0 Å². The molecule has 1 atom stereocenters. The Labute approximate surface area is 113 Å². The van der Waals surface area contributed by atoms with E-state index in [1.807, 2.05) is 6.07 Å². The minimum absolute atomic E-state index is 0.117. The van der Waals surface area contributed by atoms with Crippen molar-refractivity contribution >= 4 is 17.1 Å². The largest absolute Gasteiger partial charge is 0.388 e. The van der Waals surface area contributed by atoms with Crippen molar-refractivity contribution in [2.75, 3.05) is 17.7 Å². The van der Waals surface area contributed by atoms with Gasteiger partial charge in [0, 0.05) is 36.6 Å². The Balaban J connectivity index is 2.16. The predicted octanol–water partition coefficient (Wildman–Crippen LogP) is 3.63. The third-order valence-corrected chi connectivity index (χ3v) is 3.76. The molecule has 1 aliphatic rings. The third-order valence-electron chi connectivity index (χ3n) is 3.76. The molecular formula is C14H21N3O2. The summed E-state index contributed by atoms with van der Waals surface area (Å²) in [5.74, 6) is 0. The van der Waals surface area contributed by atoms with E-state index in [4.69, 9.17) is 0 Å². The summed E-state index contributed by atoms with van der Waals surface area (Å²) in [7, 11) is 1.77. The van der Waals surface area contributed by atoms with Crippen molar-refractivity contribution in [3.8, 4) is 0 Å². The maximum absolute atomic E-state index is 10.9. The van der Waals surface area contributed by atoms with Crippen molar-refractivity contribution in [3.05, 3.63) is 28.3 Å². The minimum atomic E-state index is -0.357.